The summed E-state index contributed by atoms with van der Waals surface area (Å²) in [7, 11) is 0. The minimum absolute atomic E-state index is 0.101. The number of hydrogen-bond donors (Lipinski definition) is 1. The zero-order valence-electron chi connectivity index (χ0n) is 20.3. The van der Waals surface area contributed by atoms with Crippen molar-refractivity contribution in [1.29, 1.82) is 0 Å². The van der Waals surface area contributed by atoms with E-state index in [1.165, 1.54) is 0 Å². The van der Waals surface area contributed by atoms with Crippen LogP contribution in [0.15, 0.2) is 54.1 Å². The van der Waals surface area contributed by atoms with Crippen molar-refractivity contribution >= 4 is 17.9 Å². The van der Waals surface area contributed by atoms with Crippen molar-refractivity contribution in [2.75, 3.05) is 26.2 Å². The number of nitrogens with one attached hydrogen (secondary N) is 1. The molecule has 1 saturated heterocycles. The van der Waals surface area contributed by atoms with Gasteiger partial charge >= 0.3 is 6.18 Å². The number of likely N-dealkylation sites (tertiary alicyclic amines) is 1. The van der Waals surface area contributed by atoms with Gasteiger partial charge in [0.2, 0.25) is 5.91 Å². The fourth-order valence-electron chi connectivity index (χ4n) is 5.88. The Morgan fingerprint density at radius 3 is 2.56 bits per heavy atom. The number of benzene rings is 2. The van der Waals surface area contributed by atoms with E-state index in [1.807, 2.05) is 66.4 Å². The summed E-state index contributed by atoms with van der Waals surface area (Å²) in [5, 5.41) is 2.14. The highest BCUT2D eigenvalue weighted by atomic mass is 19.4. The molecule has 190 valence electrons. The van der Waals surface area contributed by atoms with Crippen molar-refractivity contribution in [3.05, 3.63) is 76.4 Å². The van der Waals surface area contributed by atoms with E-state index >= 15 is 0 Å². The van der Waals surface area contributed by atoms with E-state index in [0.717, 1.165) is 53.9 Å². The molecule has 2 aliphatic heterocycles. The van der Waals surface area contributed by atoms with Gasteiger partial charge in [0.1, 0.15) is 6.54 Å². The molecule has 0 spiro atoms. The Morgan fingerprint density at radius 1 is 1.08 bits per heavy atom. The molecule has 1 aliphatic carbocycles. The summed E-state index contributed by atoms with van der Waals surface area (Å²) in [5.74, 6) is -0.487. The standard InChI is InChI=1S/C28H30F3N3O2/c1-19-14-20-8-3-5-11-24(20)27(19,26(36)32-18-28(29,30)31)12-6-7-13-33-16-22(17-33)34-15-21-9-2-4-10-23(21)25(34)35/h2-5,8-11,14,22H,6-7,12-13,15-18H2,1H3,(H,32,36). The van der Waals surface area contributed by atoms with Gasteiger partial charge in [-0.3, -0.25) is 14.5 Å². The minimum atomic E-state index is -4.46. The van der Waals surface area contributed by atoms with Gasteiger partial charge in [-0.05, 0) is 49.1 Å². The maximum Gasteiger partial charge on any atom is 0.405 e. The summed E-state index contributed by atoms with van der Waals surface area (Å²) in [6, 6.07) is 15.4. The molecular formula is C28H30F3N3O2. The number of nitrogens with zero attached hydrogens (tertiary/aromatic N) is 2. The molecule has 0 radical (unpaired) electrons. The molecule has 2 aromatic rings. The second kappa shape index (κ2) is 9.39. The van der Waals surface area contributed by atoms with Gasteiger partial charge in [-0.2, -0.15) is 13.2 Å². The quantitative estimate of drug-likeness (QED) is 0.546. The zero-order valence-corrected chi connectivity index (χ0v) is 20.3. The molecular weight excluding hydrogens is 467 g/mol. The Balaban J connectivity index is 1.17. The van der Waals surface area contributed by atoms with Crippen molar-refractivity contribution in [2.45, 2.75) is 50.4 Å². The maximum atomic E-state index is 13.2. The number of rotatable bonds is 8. The lowest BCUT2D eigenvalue weighted by Crippen LogP contribution is -2.59. The average molecular weight is 498 g/mol. The lowest BCUT2D eigenvalue weighted by molar-refractivity contribution is -0.141. The Labute approximate surface area is 209 Å². The van der Waals surface area contributed by atoms with E-state index < -0.39 is 24.0 Å². The Hall–Kier alpha value is -3.13. The fourth-order valence-corrected chi connectivity index (χ4v) is 5.88. The first kappa shape index (κ1) is 24.6. The van der Waals surface area contributed by atoms with Gasteiger partial charge in [-0.25, -0.2) is 0 Å². The highest BCUT2D eigenvalue weighted by Gasteiger charge is 2.46. The van der Waals surface area contributed by atoms with Crippen molar-refractivity contribution in [3.63, 3.8) is 0 Å². The molecule has 1 atom stereocenters. The van der Waals surface area contributed by atoms with Gasteiger partial charge in [0, 0.05) is 25.2 Å². The van der Waals surface area contributed by atoms with Gasteiger partial charge in [-0.15, -0.1) is 0 Å². The van der Waals surface area contributed by atoms with Crippen LogP contribution in [0, 0.1) is 0 Å². The lowest BCUT2D eigenvalue weighted by atomic mass is 9.73. The predicted molar refractivity (Wildman–Crippen MR) is 131 cm³/mol. The van der Waals surface area contributed by atoms with Crippen molar-refractivity contribution in [2.24, 2.45) is 0 Å². The molecule has 0 saturated carbocycles. The summed E-state index contributed by atoms with van der Waals surface area (Å²) in [6.07, 6.45) is -0.571. The molecule has 1 fully saturated rings. The third-order valence-electron chi connectivity index (χ3n) is 7.81. The molecule has 1 N–H and O–H groups in total. The van der Waals surface area contributed by atoms with Gasteiger partial charge in [0.15, 0.2) is 0 Å². The van der Waals surface area contributed by atoms with Crippen molar-refractivity contribution < 1.29 is 22.8 Å². The first-order chi connectivity index (χ1) is 17.2. The van der Waals surface area contributed by atoms with E-state index in [-0.39, 0.29) is 11.9 Å². The van der Waals surface area contributed by atoms with Crippen LogP contribution in [0.1, 0.15) is 53.2 Å². The first-order valence-corrected chi connectivity index (χ1v) is 12.4. The number of hydrogen-bond acceptors (Lipinski definition) is 3. The smallest absolute Gasteiger partial charge is 0.346 e. The number of halogens is 3. The molecule has 0 aromatic heterocycles. The number of fused-ring (bicyclic) bond motifs is 2. The van der Waals surface area contributed by atoms with Crippen LogP contribution in [0.3, 0.4) is 0 Å². The van der Waals surface area contributed by atoms with Gasteiger partial charge in [0.05, 0.1) is 11.5 Å². The fraction of sp³-hybridized carbons (Fsp3) is 0.429. The normalized spacial score (nSPS) is 21.7. The van der Waals surface area contributed by atoms with Gasteiger partial charge in [0.25, 0.3) is 5.91 Å². The van der Waals surface area contributed by atoms with Gasteiger partial charge < -0.3 is 10.2 Å². The monoisotopic (exact) mass is 497 g/mol. The summed E-state index contributed by atoms with van der Waals surface area (Å²) in [6.45, 7) is 3.62. The number of alkyl halides is 3. The zero-order chi connectivity index (χ0) is 25.5. The average Bonchev–Trinajstić information content (AvgIpc) is 3.30. The molecule has 2 aromatic carbocycles. The molecule has 1 unspecified atom stereocenters. The van der Waals surface area contributed by atoms with Crippen LogP contribution >= 0.6 is 0 Å². The lowest BCUT2D eigenvalue weighted by Gasteiger charge is -2.44. The third kappa shape index (κ3) is 4.43. The maximum absolute atomic E-state index is 13.2. The first-order valence-electron chi connectivity index (χ1n) is 12.4. The third-order valence-corrected chi connectivity index (χ3v) is 7.81. The van der Waals surface area contributed by atoms with Crippen LogP contribution in [-0.4, -0.2) is 60.0 Å². The topological polar surface area (TPSA) is 52.7 Å². The predicted octanol–water partition coefficient (Wildman–Crippen LogP) is 4.53. The SMILES string of the molecule is CC1=Cc2ccccc2C1(CCCCN1CC(N2Cc3ccccc3C2=O)C1)C(=O)NCC(F)(F)F. The molecule has 0 bridgehead atoms. The second-order valence-corrected chi connectivity index (χ2v) is 10.1. The summed E-state index contributed by atoms with van der Waals surface area (Å²) >= 11 is 0. The minimum Gasteiger partial charge on any atom is -0.346 e. The van der Waals surface area contributed by atoms with Crippen LogP contribution < -0.4 is 5.32 Å². The summed E-state index contributed by atoms with van der Waals surface area (Å²) in [5.41, 5.74) is 3.24. The second-order valence-electron chi connectivity index (χ2n) is 10.1. The largest absolute Gasteiger partial charge is 0.405 e. The van der Waals surface area contributed by atoms with E-state index in [2.05, 4.69) is 10.2 Å². The number of amides is 2. The molecule has 36 heavy (non-hydrogen) atoms. The Kier molecular flexibility index (Phi) is 6.41. The summed E-state index contributed by atoms with van der Waals surface area (Å²) < 4.78 is 38.5. The Bertz CT molecular complexity index is 1200. The molecule has 2 heterocycles. The van der Waals surface area contributed by atoms with Crippen LogP contribution in [0.2, 0.25) is 0 Å². The molecule has 5 nitrogen and oxygen atoms in total. The number of unbranched alkanes of at least 4 members (excludes halogenated alkanes) is 1. The van der Waals surface area contributed by atoms with Crippen LogP contribution in [0.5, 0.6) is 0 Å². The molecule has 5 rings (SSSR count). The van der Waals surface area contributed by atoms with E-state index in [4.69, 9.17) is 0 Å². The summed E-state index contributed by atoms with van der Waals surface area (Å²) in [4.78, 5) is 30.1. The van der Waals surface area contributed by atoms with Crippen LogP contribution in [0.4, 0.5) is 13.2 Å². The van der Waals surface area contributed by atoms with Gasteiger partial charge in [-0.1, -0.05) is 60.5 Å². The number of carbonyl (C=O) groups excluding carboxylic acids is 2. The highest BCUT2D eigenvalue weighted by Crippen LogP contribution is 2.45. The van der Waals surface area contributed by atoms with E-state index in [0.29, 0.717) is 19.4 Å². The highest BCUT2D eigenvalue weighted by molar-refractivity contribution is 5.98. The Morgan fingerprint density at radius 2 is 1.81 bits per heavy atom. The molecule has 3 aliphatic rings. The van der Waals surface area contributed by atoms with Crippen molar-refractivity contribution in [3.8, 4) is 0 Å². The molecule has 8 heteroatoms. The van der Waals surface area contributed by atoms with E-state index in [1.54, 1.807) is 0 Å². The van der Waals surface area contributed by atoms with Crippen LogP contribution in [0.25, 0.3) is 6.08 Å². The molecule has 2 amide bonds. The number of carbonyl (C=O) groups is 2. The van der Waals surface area contributed by atoms with Crippen LogP contribution in [-0.2, 0) is 16.8 Å². The van der Waals surface area contributed by atoms with E-state index in [9.17, 15) is 22.8 Å². The van der Waals surface area contributed by atoms with Crippen molar-refractivity contribution in [1.82, 2.24) is 15.1 Å².